The molecule has 1 atom stereocenters. The minimum absolute atomic E-state index is 0.0143. The quantitative estimate of drug-likeness (QED) is 0.815. The summed E-state index contributed by atoms with van der Waals surface area (Å²) in [5.41, 5.74) is 3.35. The molecule has 19 heavy (non-hydrogen) atoms. The van der Waals surface area contributed by atoms with Crippen LogP contribution in [-0.4, -0.2) is 46.8 Å². The number of imidazole rings is 1. The van der Waals surface area contributed by atoms with Crippen molar-refractivity contribution < 1.29 is 4.74 Å². The van der Waals surface area contributed by atoms with E-state index in [4.69, 9.17) is 4.74 Å². The van der Waals surface area contributed by atoms with Crippen molar-refractivity contribution in [2.24, 2.45) is 0 Å². The summed E-state index contributed by atoms with van der Waals surface area (Å²) in [5, 5.41) is 0. The van der Waals surface area contributed by atoms with E-state index in [1.54, 1.807) is 0 Å². The SMILES string of the molecule is O=c1[nH]c2cccc3c2n1CC(N1CCOCC1)C3. The molecule has 0 spiro atoms. The summed E-state index contributed by atoms with van der Waals surface area (Å²) >= 11 is 0. The van der Waals surface area contributed by atoms with Crippen molar-refractivity contribution >= 4 is 11.0 Å². The van der Waals surface area contributed by atoms with Gasteiger partial charge in [-0.05, 0) is 18.1 Å². The number of aromatic nitrogens is 2. The van der Waals surface area contributed by atoms with Crippen molar-refractivity contribution in [1.29, 1.82) is 0 Å². The van der Waals surface area contributed by atoms with Crippen LogP contribution in [0.4, 0.5) is 0 Å². The topological polar surface area (TPSA) is 50.3 Å². The zero-order valence-corrected chi connectivity index (χ0v) is 10.8. The summed E-state index contributed by atoms with van der Waals surface area (Å²) in [7, 11) is 0. The Bertz CT molecular complexity index is 667. The van der Waals surface area contributed by atoms with Gasteiger partial charge in [-0.1, -0.05) is 12.1 Å². The number of aromatic amines is 1. The summed E-state index contributed by atoms with van der Waals surface area (Å²) in [6.07, 6.45) is 1.02. The Hall–Kier alpha value is -1.59. The molecular weight excluding hydrogens is 242 g/mol. The second-order valence-electron chi connectivity index (χ2n) is 5.36. The van der Waals surface area contributed by atoms with E-state index in [-0.39, 0.29) is 5.69 Å². The number of morpholine rings is 1. The highest BCUT2D eigenvalue weighted by molar-refractivity contribution is 5.79. The molecule has 0 saturated carbocycles. The first-order valence-corrected chi connectivity index (χ1v) is 6.85. The lowest BCUT2D eigenvalue weighted by Gasteiger charge is -2.36. The lowest BCUT2D eigenvalue weighted by atomic mass is 9.99. The fourth-order valence-electron chi connectivity index (χ4n) is 3.35. The number of H-pyrrole nitrogens is 1. The molecule has 1 N–H and O–H groups in total. The van der Waals surface area contributed by atoms with Crippen LogP contribution in [0.1, 0.15) is 5.56 Å². The highest BCUT2D eigenvalue weighted by Gasteiger charge is 2.28. The lowest BCUT2D eigenvalue weighted by Crippen LogP contribution is -2.48. The molecule has 0 bridgehead atoms. The summed E-state index contributed by atoms with van der Waals surface area (Å²) in [4.78, 5) is 17.4. The van der Waals surface area contributed by atoms with Gasteiger partial charge in [-0.25, -0.2) is 4.79 Å². The molecule has 1 aromatic heterocycles. The molecule has 2 aromatic rings. The van der Waals surface area contributed by atoms with Crippen molar-refractivity contribution in [3.8, 4) is 0 Å². The summed E-state index contributed by atoms with van der Waals surface area (Å²) in [6, 6.07) is 6.56. The van der Waals surface area contributed by atoms with Gasteiger partial charge in [0.2, 0.25) is 0 Å². The third kappa shape index (κ3) is 1.73. The van der Waals surface area contributed by atoms with Crippen LogP contribution in [-0.2, 0) is 17.7 Å². The molecule has 1 fully saturated rings. The normalized spacial score (nSPS) is 23.9. The molecule has 100 valence electrons. The lowest BCUT2D eigenvalue weighted by molar-refractivity contribution is 0.0121. The van der Waals surface area contributed by atoms with Gasteiger partial charge in [-0.3, -0.25) is 9.47 Å². The smallest absolute Gasteiger partial charge is 0.326 e. The largest absolute Gasteiger partial charge is 0.379 e. The third-order valence-corrected chi connectivity index (χ3v) is 4.29. The van der Waals surface area contributed by atoms with E-state index in [2.05, 4.69) is 16.0 Å². The first-order chi connectivity index (χ1) is 9.33. The first-order valence-electron chi connectivity index (χ1n) is 6.85. The number of nitrogens with zero attached hydrogens (tertiary/aromatic N) is 2. The fraction of sp³-hybridized carbons (Fsp3) is 0.500. The van der Waals surface area contributed by atoms with Crippen LogP contribution in [0.5, 0.6) is 0 Å². The summed E-state index contributed by atoms with van der Waals surface area (Å²) in [6.45, 7) is 4.32. The van der Waals surface area contributed by atoms with E-state index in [9.17, 15) is 4.79 Å². The second kappa shape index (κ2) is 4.21. The van der Waals surface area contributed by atoms with Gasteiger partial charge in [0.15, 0.2) is 0 Å². The van der Waals surface area contributed by atoms with E-state index >= 15 is 0 Å². The van der Waals surface area contributed by atoms with Crippen molar-refractivity contribution in [1.82, 2.24) is 14.5 Å². The minimum Gasteiger partial charge on any atom is -0.379 e. The Labute approximate surface area is 110 Å². The molecule has 1 saturated heterocycles. The molecule has 5 heteroatoms. The highest BCUT2D eigenvalue weighted by atomic mass is 16.5. The standard InChI is InChI=1S/C14H17N3O2/c18-14-15-12-3-1-2-10-8-11(9-17(14)13(10)12)16-4-6-19-7-5-16/h1-3,11H,4-9H2,(H,15,18). The number of ether oxygens (including phenoxy) is 1. The van der Waals surface area contributed by atoms with Gasteiger partial charge in [0.1, 0.15) is 0 Å². The van der Waals surface area contributed by atoms with Crippen LogP contribution in [0, 0.1) is 0 Å². The Balaban J connectivity index is 1.75. The Morgan fingerprint density at radius 2 is 2.11 bits per heavy atom. The van der Waals surface area contributed by atoms with E-state index in [0.29, 0.717) is 6.04 Å². The molecule has 3 heterocycles. The van der Waals surface area contributed by atoms with Crippen LogP contribution in [0.3, 0.4) is 0 Å². The Morgan fingerprint density at radius 3 is 2.95 bits per heavy atom. The average Bonchev–Trinajstić information content (AvgIpc) is 2.78. The zero-order chi connectivity index (χ0) is 12.8. The van der Waals surface area contributed by atoms with Crippen LogP contribution in [0.2, 0.25) is 0 Å². The predicted octanol–water partition coefficient (Wildman–Crippen LogP) is 0.586. The molecule has 2 aliphatic heterocycles. The number of nitrogens with one attached hydrogen (secondary N) is 1. The number of hydrogen-bond acceptors (Lipinski definition) is 3. The molecule has 0 radical (unpaired) electrons. The molecule has 2 aliphatic rings. The van der Waals surface area contributed by atoms with Gasteiger partial charge in [0.05, 0.1) is 24.2 Å². The van der Waals surface area contributed by atoms with Crippen molar-refractivity contribution in [3.05, 3.63) is 34.2 Å². The minimum atomic E-state index is 0.0143. The van der Waals surface area contributed by atoms with Crippen molar-refractivity contribution in [2.45, 2.75) is 19.0 Å². The molecule has 1 unspecified atom stereocenters. The zero-order valence-electron chi connectivity index (χ0n) is 10.8. The monoisotopic (exact) mass is 259 g/mol. The maximum atomic E-state index is 12.0. The second-order valence-corrected chi connectivity index (χ2v) is 5.36. The van der Waals surface area contributed by atoms with Gasteiger partial charge < -0.3 is 9.72 Å². The maximum Gasteiger partial charge on any atom is 0.326 e. The van der Waals surface area contributed by atoms with Crippen LogP contribution in [0.25, 0.3) is 11.0 Å². The van der Waals surface area contributed by atoms with Crippen molar-refractivity contribution in [3.63, 3.8) is 0 Å². The molecule has 4 rings (SSSR count). The Kier molecular flexibility index (Phi) is 2.50. The van der Waals surface area contributed by atoms with E-state index in [0.717, 1.165) is 50.3 Å². The number of hydrogen-bond donors (Lipinski definition) is 1. The van der Waals surface area contributed by atoms with Gasteiger partial charge in [-0.2, -0.15) is 0 Å². The molecule has 0 aliphatic carbocycles. The van der Waals surface area contributed by atoms with Crippen LogP contribution >= 0.6 is 0 Å². The molecule has 1 aromatic carbocycles. The van der Waals surface area contributed by atoms with Crippen LogP contribution in [0.15, 0.2) is 23.0 Å². The Morgan fingerprint density at radius 1 is 1.26 bits per heavy atom. The number of benzene rings is 1. The first kappa shape index (κ1) is 11.3. The van der Waals surface area contributed by atoms with Gasteiger partial charge in [0, 0.05) is 25.7 Å². The van der Waals surface area contributed by atoms with Gasteiger partial charge in [0.25, 0.3) is 0 Å². The number of rotatable bonds is 1. The van der Waals surface area contributed by atoms with Gasteiger partial charge >= 0.3 is 5.69 Å². The van der Waals surface area contributed by atoms with Crippen LogP contribution < -0.4 is 5.69 Å². The molecule has 0 amide bonds. The third-order valence-electron chi connectivity index (χ3n) is 4.29. The highest BCUT2D eigenvalue weighted by Crippen LogP contribution is 2.25. The van der Waals surface area contributed by atoms with Gasteiger partial charge in [-0.15, -0.1) is 0 Å². The van der Waals surface area contributed by atoms with Crippen molar-refractivity contribution in [2.75, 3.05) is 26.3 Å². The predicted molar refractivity (Wildman–Crippen MR) is 72.4 cm³/mol. The van der Waals surface area contributed by atoms with E-state index in [1.807, 2.05) is 16.7 Å². The number of para-hydroxylation sites is 1. The molecule has 5 nitrogen and oxygen atoms in total. The summed E-state index contributed by atoms with van der Waals surface area (Å²) < 4.78 is 7.31. The summed E-state index contributed by atoms with van der Waals surface area (Å²) in [5.74, 6) is 0. The maximum absolute atomic E-state index is 12.0. The average molecular weight is 259 g/mol. The molecular formula is C14H17N3O2. The van der Waals surface area contributed by atoms with E-state index in [1.165, 1.54) is 5.56 Å². The van der Waals surface area contributed by atoms with E-state index < -0.39 is 0 Å². The fourth-order valence-corrected chi connectivity index (χ4v) is 3.35.